The SMILES string of the molecule is CCCCCCC1(CCCCCC)c2cc(-c3ccc(-c4ccc(C)cc4C)cc3C)ccc2-c2ccc(-c3ccc(-c4ccc(C)cc4C)cc3C)cc21. The van der Waals surface area contributed by atoms with Gasteiger partial charge in [0.2, 0.25) is 0 Å². The molecule has 282 valence electrons. The van der Waals surface area contributed by atoms with E-state index >= 15 is 0 Å². The van der Waals surface area contributed by atoms with Crippen molar-refractivity contribution in [3.05, 3.63) is 154 Å². The third-order valence-corrected chi connectivity index (χ3v) is 12.7. The van der Waals surface area contributed by atoms with E-state index in [0.717, 1.165) is 0 Å². The highest BCUT2D eigenvalue weighted by Crippen LogP contribution is 2.56. The maximum absolute atomic E-state index is 2.61. The zero-order chi connectivity index (χ0) is 38.7. The minimum atomic E-state index is 0.0118. The van der Waals surface area contributed by atoms with Crippen molar-refractivity contribution in [3.8, 4) is 55.6 Å². The maximum atomic E-state index is 2.61. The van der Waals surface area contributed by atoms with E-state index in [9.17, 15) is 0 Å². The molecule has 0 unspecified atom stereocenters. The molecule has 1 aliphatic carbocycles. The molecule has 55 heavy (non-hydrogen) atoms. The van der Waals surface area contributed by atoms with Gasteiger partial charge in [-0.15, -0.1) is 0 Å². The van der Waals surface area contributed by atoms with Crippen molar-refractivity contribution in [3.63, 3.8) is 0 Å². The molecule has 0 heteroatoms. The molecule has 0 aromatic heterocycles. The number of rotatable bonds is 14. The van der Waals surface area contributed by atoms with E-state index in [4.69, 9.17) is 0 Å². The molecular weight excluding hydrogens is 661 g/mol. The first-order valence-corrected chi connectivity index (χ1v) is 21.3. The number of fused-ring (bicyclic) bond motifs is 3. The molecule has 0 saturated carbocycles. The van der Waals surface area contributed by atoms with Gasteiger partial charge < -0.3 is 0 Å². The molecule has 0 N–H and O–H groups in total. The topological polar surface area (TPSA) is 0 Å². The standard InChI is InChI=1S/C55H62/c1-9-11-13-15-29-55(30-16-14-12-10-2)53-35-45(49-25-19-43(33-41(49)7)47-23-17-37(3)31-39(47)5)21-27-51(53)52-28-22-46(36-54(52)55)50-26-20-44(34-42(50)8)48-24-18-38(4)32-40(48)6/h17-28,31-36H,9-16,29-30H2,1-8H3. The minimum absolute atomic E-state index is 0.0118. The van der Waals surface area contributed by atoms with Crippen LogP contribution >= 0.6 is 0 Å². The predicted octanol–water partition coefficient (Wildman–Crippen LogP) is 16.4. The molecule has 0 atom stereocenters. The average molecular weight is 723 g/mol. The Labute approximate surface area is 333 Å². The Morgan fingerprint density at radius 2 is 0.655 bits per heavy atom. The molecule has 0 nitrogen and oxygen atoms in total. The lowest BCUT2D eigenvalue weighted by Crippen LogP contribution is -2.25. The minimum Gasteiger partial charge on any atom is -0.0654 e. The summed E-state index contributed by atoms with van der Waals surface area (Å²) in [5.74, 6) is 0. The van der Waals surface area contributed by atoms with Gasteiger partial charge in [-0.25, -0.2) is 0 Å². The van der Waals surface area contributed by atoms with Crippen LogP contribution in [0.4, 0.5) is 0 Å². The third-order valence-electron chi connectivity index (χ3n) is 12.7. The fourth-order valence-corrected chi connectivity index (χ4v) is 9.79. The van der Waals surface area contributed by atoms with Gasteiger partial charge in [0.05, 0.1) is 0 Å². The molecule has 0 amide bonds. The summed E-state index contributed by atoms with van der Waals surface area (Å²) in [4.78, 5) is 0. The lowest BCUT2D eigenvalue weighted by Gasteiger charge is -2.33. The van der Waals surface area contributed by atoms with Crippen LogP contribution in [-0.4, -0.2) is 0 Å². The summed E-state index contributed by atoms with van der Waals surface area (Å²) in [6.45, 7) is 18.1. The number of unbranched alkanes of at least 4 members (excludes halogenated alkanes) is 6. The first-order valence-electron chi connectivity index (χ1n) is 21.3. The highest BCUT2D eigenvalue weighted by molar-refractivity contribution is 5.87. The van der Waals surface area contributed by atoms with E-state index in [1.807, 2.05) is 0 Å². The zero-order valence-electron chi connectivity index (χ0n) is 35.0. The summed E-state index contributed by atoms with van der Waals surface area (Å²) >= 11 is 0. The Bertz CT molecular complexity index is 2150. The molecule has 0 aliphatic heterocycles. The van der Waals surface area contributed by atoms with Crippen molar-refractivity contribution >= 4 is 0 Å². The van der Waals surface area contributed by atoms with Crippen LogP contribution in [0.25, 0.3) is 55.6 Å². The Morgan fingerprint density at radius 1 is 0.327 bits per heavy atom. The maximum Gasteiger partial charge on any atom is 0.0215 e. The van der Waals surface area contributed by atoms with Crippen LogP contribution in [0, 0.1) is 41.5 Å². The van der Waals surface area contributed by atoms with E-state index in [2.05, 4.69) is 165 Å². The van der Waals surface area contributed by atoms with Crippen LogP contribution in [-0.2, 0) is 5.41 Å². The molecule has 1 aliphatic rings. The van der Waals surface area contributed by atoms with Crippen molar-refractivity contribution in [2.24, 2.45) is 0 Å². The predicted molar refractivity (Wildman–Crippen MR) is 240 cm³/mol. The van der Waals surface area contributed by atoms with Gasteiger partial charge in [-0.3, -0.25) is 0 Å². The Kier molecular flexibility index (Phi) is 11.6. The van der Waals surface area contributed by atoms with Crippen LogP contribution in [0.1, 0.15) is 123 Å². The zero-order valence-corrected chi connectivity index (χ0v) is 35.0. The second kappa shape index (κ2) is 16.6. The molecule has 0 radical (unpaired) electrons. The molecule has 6 aromatic carbocycles. The van der Waals surface area contributed by atoms with Crippen LogP contribution in [0.5, 0.6) is 0 Å². The summed E-state index contributed by atoms with van der Waals surface area (Å²) in [7, 11) is 0. The molecule has 0 fully saturated rings. The van der Waals surface area contributed by atoms with Gasteiger partial charge in [-0.05, 0) is 156 Å². The Balaban J connectivity index is 1.32. The lowest BCUT2D eigenvalue weighted by atomic mass is 9.70. The first kappa shape index (κ1) is 38.6. The molecule has 7 rings (SSSR count). The number of hydrogen-bond donors (Lipinski definition) is 0. The monoisotopic (exact) mass is 722 g/mol. The smallest absolute Gasteiger partial charge is 0.0215 e. The fourth-order valence-electron chi connectivity index (χ4n) is 9.79. The third kappa shape index (κ3) is 7.76. The van der Waals surface area contributed by atoms with Gasteiger partial charge >= 0.3 is 0 Å². The second-order valence-electron chi connectivity index (χ2n) is 16.9. The average Bonchev–Trinajstić information content (AvgIpc) is 3.43. The van der Waals surface area contributed by atoms with Crippen LogP contribution in [0.3, 0.4) is 0 Å². The molecule has 0 heterocycles. The van der Waals surface area contributed by atoms with Crippen molar-refractivity contribution in [2.45, 2.75) is 125 Å². The van der Waals surface area contributed by atoms with E-state index in [1.54, 1.807) is 11.1 Å². The van der Waals surface area contributed by atoms with Gasteiger partial charge in [-0.2, -0.15) is 0 Å². The molecule has 0 spiro atoms. The highest BCUT2D eigenvalue weighted by atomic mass is 14.5. The summed E-state index contributed by atoms with van der Waals surface area (Å²) in [6.07, 6.45) is 12.7. The van der Waals surface area contributed by atoms with E-state index in [0.29, 0.717) is 0 Å². The van der Waals surface area contributed by atoms with Gasteiger partial charge in [0, 0.05) is 5.41 Å². The number of benzene rings is 6. The van der Waals surface area contributed by atoms with Crippen LogP contribution in [0.15, 0.2) is 109 Å². The van der Waals surface area contributed by atoms with Crippen molar-refractivity contribution in [1.82, 2.24) is 0 Å². The fraction of sp³-hybridized carbons (Fsp3) is 0.345. The summed E-state index contributed by atoms with van der Waals surface area (Å²) in [5.41, 5.74) is 24.7. The van der Waals surface area contributed by atoms with E-state index in [-0.39, 0.29) is 5.41 Å². The summed E-state index contributed by atoms with van der Waals surface area (Å²) in [6, 6.07) is 42.8. The summed E-state index contributed by atoms with van der Waals surface area (Å²) in [5, 5.41) is 0. The summed E-state index contributed by atoms with van der Waals surface area (Å²) < 4.78 is 0. The quantitative estimate of drug-likeness (QED) is 0.0982. The van der Waals surface area contributed by atoms with Gasteiger partial charge in [-0.1, -0.05) is 173 Å². The van der Waals surface area contributed by atoms with Crippen LogP contribution < -0.4 is 0 Å². The van der Waals surface area contributed by atoms with Gasteiger partial charge in [0.15, 0.2) is 0 Å². The Hall–Kier alpha value is -4.68. The van der Waals surface area contributed by atoms with Crippen molar-refractivity contribution in [1.29, 1.82) is 0 Å². The normalized spacial score (nSPS) is 12.9. The lowest BCUT2D eigenvalue weighted by molar-refractivity contribution is 0.401. The van der Waals surface area contributed by atoms with Crippen LogP contribution in [0.2, 0.25) is 0 Å². The Morgan fingerprint density at radius 3 is 1.00 bits per heavy atom. The largest absolute Gasteiger partial charge is 0.0654 e. The van der Waals surface area contributed by atoms with Crippen molar-refractivity contribution < 1.29 is 0 Å². The molecule has 0 saturated heterocycles. The highest BCUT2D eigenvalue weighted by Gasteiger charge is 2.42. The molecular formula is C55H62. The van der Waals surface area contributed by atoms with Crippen molar-refractivity contribution in [2.75, 3.05) is 0 Å². The molecule has 0 bridgehead atoms. The first-order chi connectivity index (χ1) is 26.6. The van der Waals surface area contributed by atoms with Gasteiger partial charge in [0.1, 0.15) is 0 Å². The van der Waals surface area contributed by atoms with E-state index < -0.39 is 0 Å². The van der Waals surface area contributed by atoms with E-state index in [1.165, 1.54) is 153 Å². The second-order valence-corrected chi connectivity index (χ2v) is 16.9. The molecule has 6 aromatic rings. The number of aryl methyl sites for hydroxylation is 6. The number of hydrogen-bond acceptors (Lipinski definition) is 0. The van der Waals surface area contributed by atoms with Gasteiger partial charge in [0.25, 0.3) is 0 Å².